The van der Waals surface area contributed by atoms with Gasteiger partial charge in [-0.05, 0) is 25.8 Å². The zero-order valence-corrected chi connectivity index (χ0v) is 11.5. The average molecular weight is 301 g/mol. The average Bonchev–Trinajstić information content (AvgIpc) is 2.32. The Kier molecular flexibility index (Phi) is 5.97. The van der Waals surface area contributed by atoms with Gasteiger partial charge in [-0.2, -0.15) is 0 Å². The van der Waals surface area contributed by atoms with Gasteiger partial charge in [-0.3, -0.25) is 9.59 Å². The SMILES string of the molecule is CCn1cc(NC(=O)CCCCBr)ccc1=O. The summed E-state index contributed by atoms with van der Waals surface area (Å²) in [5, 5.41) is 3.71. The molecule has 0 aliphatic rings. The van der Waals surface area contributed by atoms with Gasteiger partial charge in [0.1, 0.15) is 0 Å². The van der Waals surface area contributed by atoms with Gasteiger partial charge in [0.05, 0.1) is 5.69 Å². The van der Waals surface area contributed by atoms with E-state index < -0.39 is 0 Å². The topological polar surface area (TPSA) is 51.1 Å². The first-order chi connectivity index (χ1) is 8.17. The lowest BCUT2D eigenvalue weighted by atomic mass is 10.2. The fourth-order valence-corrected chi connectivity index (χ4v) is 1.85. The number of alkyl halides is 1. The number of unbranched alkanes of at least 4 members (excludes halogenated alkanes) is 1. The monoisotopic (exact) mass is 300 g/mol. The molecule has 0 unspecified atom stereocenters. The highest BCUT2D eigenvalue weighted by Crippen LogP contribution is 2.06. The molecule has 0 aliphatic carbocycles. The number of amides is 1. The van der Waals surface area contributed by atoms with E-state index in [0.29, 0.717) is 18.7 Å². The fraction of sp³-hybridized carbons (Fsp3) is 0.500. The van der Waals surface area contributed by atoms with E-state index >= 15 is 0 Å². The van der Waals surface area contributed by atoms with Gasteiger partial charge in [0.2, 0.25) is 5.91 Å². The molecule has 0 radical (unpaired) electrons. The van der Waals surface area contributed by atoms with E-state index in [9.17, 15) is 9.59 Å². The van der Waals surface area contributed by atoms with Gasteiger partial charge in [0, 0.05) is 30.6 Å². The summed E-state index contributed by atoms with van der Waals surface area (Å²) < 4.78 is 1.56. The molecule has 0 atom stereocenters. The first-order valence-corrected chi connectivity index (χ1v) is 6.86. The third kappa shape index (κ3) is 4.73. The molecule has 1 aromatic rings. The number of rotatable bonds is 6. The maximum Gasteiger partial charge on any atom is 0.250 e. The molecule has 0 saturated carbocycles. The van der Waals surface area contributed by atoms with Gasteiger partial charge < -0.3 is 9.88 Å². The van der Waals surface area contributed by atoms with Gasteiger partial charge in [0.25, 0.3) is 5.56 Å². The van der Waals surface area contributed by atoms with Crippen LogP contribution in [-0.4, -0.2) is 15.8 Å². The largest absolute Gasteiger partial charge is 0.325 e. The van der Waals surface area contributed by atoms with Crippen molar-refractivity contribution < 1.29 is 4.79 Å². The van der Waals surface area contributed by atoms with Gasteiger partial charge in [-0.1, -0.05) is 15.9 Å². The third-order valence-electron chi connectivity index (χ3n) is 2.40. The number of carbonyl (C=O) groups is 1. The molecular formula is C12H17BrN2O2. The highest BCUT2D eigenvalue weighted by atomic mass is 79.9. The lowest BCUT2D eigenvalue weighted by Gasteiger charge is -2.07. The van der Waals surface area contributed by atoms with Gasteiger partial charge in [-0.15, -0.1) is 0 Å². The van der Waals surface area contributed by atoms with Crippen LogP contribution >= 0.6 is 15.9 Å². The van der Waals surface area contributed by atoms with Crippen molar-refractivity contribution in [1.82, 2.24) is 4.57 Å². The van der Waals surface area contributed by atoms with Crippen LogP contribution in [0.25, 0.3) is 0 Å². The Morgan fingerprint density at radius 3 is 2.82 bits per heavy atom. The highest BCUT2D eigenvalue weighted by Gasteiger charge is 2.03. The van der Waals surface area contributed by atoms with Crippen molar-refractivity contribution in [2.24, 2.45) is 0 Å². The number of nitrogens with one attached hydrogen (secondary N) is 1. The van der Waals surface area contributed by atoms with Crippen LogP contribution in [-0.2, 0) is 11.3 Å². The number of pyridine rings is 1. The summed E-state index contributed by atoms with van der Waals surface area (Å²) in [6.07, 6.45) is 4.04. The molecular weight excluding hydrogens is 284 g/mol. The second kappa shape index (κ2) is 7.27. The van der Waals surface area contributed by atoms with Crippen molar-refractivity contribution in [3.63, 3.8) is 0 Å². The Morgan fingerprint density at radius 2 is 2.18 bits per heavy atom. The summed E-state index contributed by atoms with van der Waals surface area (Å²) in [4.78, 5) is 22.9. The van der Waals surface area contributed by atoms with Gasteiger partial charge in [-0.25, -0.2) is 0 Å². The smallest absolute Gasteiger partial charge is 0.250 e. The minimum atomic E-state index is -0.0511. The molecule has 0 spiro atoms. The second-order valence-corrected chi connectivity index (χ2v) is 4.53. The standard InChI is InChI=1S/C12H17BrN2O2/c1-2-15-9-10(6-7-12(15)17)14-11(16)5-3-4-8-13/h6-7,9H,2-5,8H2,1H3,(H,14,16). The molecule has 0 aromatic carbocycles. The van der Waals surface area contributed by atoms with Crippen molar-refractivity contribution in [2.75, 3.05) is 10.6 Å². The predicted molar refractivity (Wildman–Crippen MR) is 72.7 cm³/mol. The van der Waals surface area contributed by atoms with Crippen molar-refractivity contribution >= 4 is 27.5 Å². The molecule has 17 heavy (non-hydrogen) atoms. The molecule has 5 heteroatoms. The quantitative estimate of drug-likeness (QED) is 0.648. The molecule has 1 aromatic heterocycles. The first-order valence-electron chi connectivity index (χ1n) is 5.73. The maximum atomic E-state index is 11.6. The lowest BCUT2D eigenvalue weighted by Crippen LogP contribution is -2.19. The van der Waals surface area contributed by atoms with Crippen LogP contribution in [0.3, 0.4) is 0 Å². The van der Waals surface area contributed by atoms with E-state index in [1.54, 1.807) is 16.8 Å². The number of hydrogen-bond acceptors (Lipinski definition) is 2. The van der Waals surface area contributed by atoms with Crippen LogP contribution in [0, 0.1) is 0 Å². The number of halogens is 1. The Morgan fingerprint density at radius 1 is 1.41 bits per heavy atom. The molecule has 0 fully saturated rings. The number of hydrogen-bond donors (Lipinski definition) is 1. The Labute approximate surface area is 109 Å². The molecule has 0 aliphatic heterocycles. The number of nitrogens with zero attached hydrogens (tertiary/aromatic N) is 1. The molecule has 1 heterocycles. The van der Waals surface area contributed by atoms with E-state index in [1.807, 2.05) is 6.92 Å². The zero-order valence-electron chi connectivity index (χ0n) is 9.91. The van der Waals surface area contributed by atoms with Gasteiger partial charge in [0.15, 0.2) is 0 Å². The van der Waals surface area contributed by atoms with Crippen molar-refractivity contribution in [3.05, 3.63) is 28.7 Å². The molecule has 4 nitrogen and oxygen atoms in total. The Hall–Kier alpha value is -1.10. The van der Waals surface area contributed by atoms with Crippen LogP contribution < -0.4 is 10.9 Å². The van der Waals surface area contributed by atoms with Gasteiger partial charge >= 0.3 is 0 Å². The number of aryl methyl sites for hydroxylation is 1. The summed E-state index contributed by atoms with van der Waals surface area (Å²) in [7, 11) is 0. The lowest BCUT2D eigenvalue weighted by molar-refractivity contribution is -0.116. The van der Waals surface area contributed by atoms with Crippen molar-refractivity contribution in [2.45, 2.75) is 32.7 Å². The van der Waals surface area contributed by atoms with E-state index in [4.69, 9.17) is 0 Å². The van der Waals surface area contributed by atoms with Crippen LogP contribution in [0.15, 0.2) is 23.1 Å². The summed E-state index contributed by atoms with van der Waals surface area (Å²) >= 11 is 3.32. The van der Waals surface area contributed by atoms with E-state index in [2.05, 4.69) is 21.2 Å². The predicted octanol–water partition coefficient (Wildman–Crippen LogP) is 2.37. The Bertz CT molecular complexity index is 429. The summed E-state index contributed by atoms with van der Waals surface area (Å²) in [5.74, 6) is -0.00717. The maximum absolute atomic E-state index is 11.6. The van der Waals surface area contributed by atoms with Crippen LogP contribution in [0.5, 0.6) is 0 Å². The van der Waals surface area contributed by atoms with Crippen molar-refractivity contribution in [1.29, 1.82) is 0 Å². The van der Waals surface area contributed by atoms with Crippen molar-refractivity contribution in [3.8, 4) is 0 Å². The first kappa shape index (κ1) is 14.0. The zero-order chi connectivity index (χ0) is 12.7. The minimum absolute atomic E-state index is 0.00717. The Balaban J connectivity index is 2.56. The molecule has 0 saturated heterocycles. The molecule has 0 bridgehead atoms. The fourth-order valence-electron chi connectivity index (χ4n) is 1.46. The summed E-state index contributed by atoms with van der Waals surface area (Å²) in [5.41, 5.74) is 0.625. The summed E-state index contributed by atoms with van der Waals surface area (Å²) in [6, 6.07) is 3.11. The molecule has 1 N–H and O–H groups in total. The normalized spacial score (nSPS) is 10.2. The van der Waals surface area contributed by atoms with E-state index in [-0.39, 0.29) is 11.5 Å². The van der Waals surface area contributed by atoms with Crippen LogP contribution in [0.1, 0.15) is 26.2 Å². The highest BCUT2D eigenvalue weighted by molar-refractivity contribution is 9.09. The third-order valence-corrected chi connectivity index (χ3v) is 2.96. The minimum Gasteiger partial charge on any atom is -0.325 e. The van der Waals surface area contributed by atoms with Crippen LogP contribution in [0.2, 0.25) is 0 Å². The van der Waals surface area contributed by atoms with E-state index in [1.165, 1.54) is 6.07 Å². The summed E-state index contributed by atoms with van der Waals surface area (Å²) in [6.45, 7) is 2.50. The number of aromatic nitrogens is 1. The van der Waals surface area contributed by atoms with E-state index in [0.717, 1.165) is 18.2 Å². The number of carbonyl (C=O) groups excluding carboxylic acids is 1. The second-order valence-electron chi connectivity index (χ2n) is 3.74. The number of anilines is 1. The molecule has 94 valence electrons. The molecule has 1 amide bonds. The van der Waals surface area contributed by atoms with Crippen LogP contribution in [0.4, 0.5) is 5.69 Å². The molecule has 1 rings (SSSR count).